The normalized spacial score (nSPS) is 11.3. The van der Waals surface area contributed by atoms with Crippen LogP contribution in [-0.2, 0) is 17.6 Å². The van der Waals surface area contributed by atoms with Crippen molar-refractivity contribution < 1.29 is 13.5 Å². The molecule has 0 amide bonds. The van der Waals surface area contributed by atoms with Crippen LogP contribution in [0, 0.1) is 13.8 Å². The summed E-state index contributed by atoms with van der Waals surface area (Å²) in [4.78, 5) is 8.77. The molecule has 0 aliphatic carbocycles. The standard InChI is InChI=1S/C13H21F2N3O/c1-9-11(4-3-6-16)10(2)18-13(17-9)5-7-19-8-12(14)15/h12H,3-8,16H2,1-2H3. The number of alkyl halides is 2. The molecule has 0 bridgehead atoms. The van der Waals surface area contributed by atoms with Crippen LogP contribution >= 0.6 is 0 Å². The fourth-order valence-electron chi connectivity index (χ4n) is 1.90. The van der Waals surface area contributed by atoms with Crippen molar-refractivity contribution in [2.75, 3.05) is 19.8 Å². The van der Waals surface area contributed by atoms with Crippen LogP contribution in [0.1, 0.15) is 29.2 Å². The van der Waals surface area contributed by atoms with Crippen LogP contribution in [0.25, 0.3) is 0 Å². The van der Waals surface area contributed by atoms with E-state index in [1.165, 1.54) is 0 Å². The number of hydrogen-bond donors (Lipinski definition) is 1. The summed E-state index contributed by atoms with van der Waals surface area (Å²) in [6.07, 6.45) is -0.202. The number of aromatic nitrogens is 2. The first-order valence-corrected chi connectivity index (χ1v) is 6.43. The minimum absolute atomic E-state index is 0.214. The largest absolute Gasteiger partial charge is 0.375 e. The molecule has 1 rings (SSSR count). The number of rotatable bonds is 8. The van der Waals surface area contributed by atoms with Gasteiger partial charge in [-0.1, -0.05) is 0 Å². The summed E-state index contributed by atoms with van der Waals surface area (Å²) in [5.74, 6) is 0.640. The van der Waals surface area contributed by atoms with Crippen molar-refractivity contribution in [3.63, 3.8) is 0 Å². The summed E-state index contributed by atoms with van der Waals surface area (Å²) in [5.41, 5.74) is 8.49. The van der Waals surface area contributed by atoms with E-state index in [2.05, 4.69) is 9.97 Å². The first-order valence-electron chi connectivity index (χ1n) is 6.43. The summed E-state index contributed by atoms with van der Waals surface area (Å²) < 4.78 is 28.6. The third kappa shape index (κ3) is 5.57. The van der Waals surface area contributed by atoms with E-state index in [9.17, 15) is 8.78 Å². The van der Waals surface area contributed by atoms with E-state index < -0.39 is 13.0 Å². The molecule has 4 nitrogen and oxygen atoms in total. The summed E-state index contributed by atoms with van der Waals surface area (Å²) in [5, 5.41) is 0. The number of hydrogen-bond acceptors (Lipinski definition) is 4. The van der Waals surface area contributed by atoms with E-state index in [1.807, 2.05) is 13.8 Å². The Balaban J connectivity index is 2.56. The molecule has 1 aromatic heterocycles. The highest BCUT2D eigenvalue weighted by atomic mass is 19.3. The highest BCUT2D eigenvalue weighted by Crippen LogP contribution is 2.12. The van der Waals surface area contributed by atoms with Gasteiger partial charge < -0.3 is 10.5 Å². The Morgan fingerprint density at radius 3 is 2.32 bits per heavy atom. The van der Waals surface area contributed by atoms with Crippen molar-refractivity contribution in [3.05, 3.63) is 22.8 Å². The number of aryl methyl sites for hydroxylation is 2. The van der Waals surface area contributed by atoms with Gasteiger partial charge in [-0.15, -0.1) is 0 Å². The zero-order valence-corrected chi connectivity index (χ0v) is 11.5. The van der Waals surface area contributed by atoms with Gasteiger partial charge >= 0.3 is 0 Å². The molecular weight excluding hydrogens is 252 g/mol. The molecule has 0 aliphatic heterocycles. The van der Waals surface area contributed by atoms with Crippen molar-refractivity contribution in [2.24, 2.45) is 5.73 Å². The lowest BCUT2D eigenvalue weighted by Gasteiger charge is -2.10. The van der Waals surface area contributed by atoms with Gasteiger partial charge in [-0.2, -0.15) is 0 Å². The van der Waals surface area contributed by atoms with Crippen molar-refractivity contribution in [2.45, 2.75) is 39.5 Å². The Bertz CT molecular complexity index is 376. The zero-order chi connectivity index (χ0) is 14.3. The predicted molar refractivity (Wildman–Crippen MR) is 69.4 cm³/mol. The third-order valence-corrected chi connectivity index (χ3v) is 2.81. The zero-order valence-electron chi connectivity index (χ0n) is 11.5. The molecule has 1 heterocycles. The van der Waals surface area contributed by atoms with E-state index in [0.29, 0.717) is 18.8 Å². The number of nitrogens with two attached hydrogens (primary N) is 1. The van der Waals surface area contributed by atoms with Gasteiger partial charge in [0, 0.05) is 17.8 Å². The molecule has 6 heteroatoms. The van der Waals surface area contributed by atoms with E-state index in [-0.39, 0.29) is 6.61 Å². The van der Waals surface area contributed by atoms with Gasteiger partial charge in [-0.3, -0.25) is 0 Å². The second-order valence-corrected chi connectivity index (χ2v) is 4.40. The second-order valence-electron chi connectivity index (χ2n) is 4.40. The molecule has 0 atom stereocenters. The molecule has 0 fully saturated rings. The molecule has 0 saturated heterocycles. The maximum absolute atomic E-state index is 11.9. The van der Waals surface area contributed by atoms with Gasteiger partial charge in [0.25, 0.3) is 6.43 Å². The monoisotopic (exact) mass is 273 g/mol. The number of nitrogens with zero attached hydrogens (tertiary/aromatic N) is 2. The smallest absolute Gasteiger partial charge is 0.261 e. The third-order valence-electron chi connectivity index (χ3n) is 2.81. The van der Waals surface area contributed by atoms with Gasteiger partial charge in [-0.05, 0) is 38.8 Å². The Morgan fingerprint density at radius 2 is 1.79 bits per heavy atom. The van der Waals surface area contributed by atoms with Gasteiger partial charge in [0.05, 0.1) is 6.61 Å². The van der Waals surface area contributed by atoms with Crippen LogP contribution in [-0.4, -0.2) is 36.2 Å². The van der Waals surface area contributed by atoms with Gasteiger partial charge in [0.1, 0.15) is 12.4 Å². The quantitative estimate of drug-likeness (QED) is 0.734. The number of ether oxygens (including phenoxy) is 1. The van der Waals surface area contributed by atoms with Crippen LogP contribution in [0.4, 0.5) is 8.78 Å². The predicted octanol–water partition coefficient (Wildman–Crippen LogP) is 1.81. The van der Waals surface area contributed by atoms with Crippen LogP contribution in [0.2, 0.25) is 0 Å². The fraction of sp³-hybridized carbons (Fsp3) is 0.692. The number of halogens is 2. The summed E-state index contributed by atoms with van der Waals surface area (Å²) >= 11 is 0. The van der Waals surface area contributed by atoms with Crippen LogP contribution in [0.15, 0.2) is 0 Å². The van der Waals surface area contributed by atoms with E-state index in [0.717, 1.165) is 29.8 Å². The molecule has 0 aliphatic rings. The van der Waals surface area contributed by atoms with E-state index in [4.69, 9.17) is 10.5 Å². The first kappa shape index (κ1) is 15.9. The molecule has 0 radical (unpaired) electrons. The highest BCUT2D eigenvalue weighted by Gasteiger charge is 2.08. The Kier molecular flexibility index (Phi) is 6.80. The van der Waals surface area contributed by atoms with Crippen molar-refractivity contribution >= 4 is 0 Å². The average molecular weight is 273 g/mol. The molecular formula is C13H21F2N3O. The average Bonchev–Trinajstić information content (AvgIpc) is 2.33. The molecule has 108 valence electrons. The minimum Gasteiger partial charge on any atom is -0.375 e. The van der Waals surface area contributed by atoms with E-state index in [1.54, 1.807) is 0 Å². The highest BCUT2D eigenvalue weighted by molar-refractivity contribution is 5.24. The fourth-order valence-corrected chi connectivity index (χ4v) is 1.90. The molecule has 0 spiro atoms. The van der Waals surface area contributed by atoms with Gasteiger partial charge in [0.15, 0.2) is 0 Å². The van der Waals surface area contributed by atoms with Gasteiger partial charge in [0.2, 0.25) is 0 Å². The summed E-state index contributed by atoms with van der Waals surface area (Å²) in [6, 6.07) is 0. The molecule has 19 heavy (non-hydrogen) atoms. The Hall–Kier alpha value is -1.14. The maximum atomic E-state index is 11.9. The topological polar surface area (TPSA) is 61.0 Å². The lowest BCUT2D eigenvalue weighted by atomic mass is 10.1. The minimum atomic E-state index is -2.43. The molecule has 0 unspecified atom stereocenters. The molecule has 1 aromatic rings. The molecule has 0 saturated carbocycles. The molecule has 0 aromatic carbocycles. The second kappa shape index (κ2) is 8.12. The van der Waals surface area contributed by atoms with Crippen molar-refractivity contribution in [1.82, 2.24) is 9.97 Å². The SMILES string of the molecule is Cc1nc(CCOCC(F)F)nc(C)c1CCCN. The lowest BCUT2D eigenvalue weighted by Crippen LogP contribution is -2.11. The van der Waals surface area contributed by atoms with Crippen LogP contribution in [0.3, 0.4) is 0 Å². The first-order chi connectivity index (χ1) is 9.04. The maximum Gasteiger partial charge on any atom is 0.261 e. The molecule has 2 N–H and O–H groups in total. The summed E-state index contributed by atoms with van der Waals surface area (Å²) in [6.45, 7) is 4.19. The Labute approximate surface area is 112 Å². The van der Waals surface area contributed by atoms with Crippen LogP contribution in [0.5, 0.6) is 0 Å². The van der Waals surface area contributed by atoms with Crippen molar-refractivity contribution in [1.29, 1.82) is 0 Å². The summed E-state index contributed by atoms with van der Waals surface area (Å²) in [7, 11) is 0. The van der Waals surface area contributed by atoms with E-state index >= 15 is 0 Å². The van der Waals surface area contributed by atoms with Crippen LogP contribution < -0.4 is 5.73 Å². The lowest BCUT2D eigenvalue weighted by molar-refractivity contribution is 0.0182. The van der Waals surface area contributed by atoms with Gasteiger partial charge in [-0.25, -0.2) is 18.7 Å². The van der Waals surface area contributed by atoms with Crippen molar-refractivity contribution in [3.8, 4) is 0 Å². The Morgan fingerprint density at radius 1 is 1.16 bits per heavy atom.